The smallest absolute Gasteiger partial charge is 0.410 e. The molecule has 1 rings (SSSR count). The SMILES string of the molecule is CC(C)(C)OC(=O)N1CC(=O)NC(C)(C(=O)O)C1. The van der Waals surface area contributed by atoms with Gasteiger partial charge in [0, 0.05) is 0 Å². The van der Waals surface area contributed by atoms with Crippen LogP contribution < -0.4 is 5.32 Å². The minimum atomic E-state index is -1.48. The molecule has 1 atom stereocenters. The van der Waals surface area contributed by atoms with Crippen molar-refractivity contribution >= 4 is 18.0 Å². The molecule has 1 heterocycles. The molecule has 0 saturated carbocycles. The van der Waals surface area contributed by atoms with E-state index in [1.54, 1.807) is 20.8 Å². The van der Waals surface area contributed by atoms with Crippen LogP contribution in [-0.4, -0.2) is 52.2 Å². The third-order valence-corrected chi connectivity index (χ3v) is 2.38. The van der Waals surface area contributed by atoms with Crippen LogP contribution in [-0.2, 0) is 14.3 Å². The Kier molecular flexibility index (Phi) is 3.54. The molecule has 0 spiro atoms. The topological polar surface area (TPSA) is 95.9 Å². The molecule has 1 aliphatic heterocycles. The number of piperazine rings is 1. The highest BCUT2D eigenvalue weighted by Gasteiger charge is 2.43. The molecule has 1 fully saturated rings. The Labute approximate surface area is 105 Å². The number of hydrogen-bond donors (Lipinski definition) is 2. The summed E-state index contributed by atoms with van der Waals surface area (Å²) in [6.07, 6.45) is -0.690. The van der Waals surface area contributed by atoms with E-state index in [-0.39, 0.29) is 13.1 Å². The molecule has 0 aromatic heterocycles. The molecule has 7 nitrogen and oxygen atoms in total. The van der Waals surface area contributed by atoms with Gasteiger partial charge in [0.05, 0.1) is 6.54 Å². The second kappa shape index (κ2) is 4.47. The first-order chi connectivity index (χ1) is 8.03. The fourth-order valence-electron chi connectivity index (χ4n) is 1.57. The summed E-state index contributed by atoms with van der Waals surface area (Å²) in [7, 11) is 0. The third-order valence-electron chi connectivity index (χ3n) is 2.38. The van der Waals surface area contributed by atoms with Gasteiger partial charge < -0.3 is 15.2 Å². The highest BCUT2D eigenvalue weighted by atomic mass is 16.6. The van der Waals surface area contributed by atoms with Gasteiger partial charge in [-0.2, -0.15) is 0 Å². The molecule has 0 aliphatic carbocycles. The lowest BCUT2D eigenvalue weighted by Gasteiger charge is -2.38. The van der Waals surface area contributed by atoms with Crippen molar-refractivity contribution in [2.75, 3.05) is 13.1 Å². The van der Waals surface area contributed by atoms with Gasteiger partial charge >= 0.3 is 12.1 Å². The van der Waals surface area contributed by atoms with Gasteiger partial charge in [0.1, 0.15) is 12.1 Å². The molecule has 7 heteroatoms. The summed E-state index contributed by atoms with van der Waals surface area (Å²) in [4.78, 5) is 35.4. The van der Waals surface area contributed by atoms with Crippen LogP contribution in [0.25, 0.3) is 0 Å². The lowest BCUT2D eigenvalue weighted by atomic mass is 9.99. The number of carbonyl (C=O) groups is 3. The van der Waals surface area contributed by atoms with Gasteiger partial charge in [-0.25, -0.2) is 9.59 Å². The van der Waals surface area contributed by atoms with E-state index >= 15 is 0 Å². The first-order valence-corrected chi connectivity index (χ1v) is 5.56. The standard InChI is InChI=1S/C11H18N2O5/c1-10(2,3)18-9(17)13-5-7(14)12-11(4,6-13)8(15)16/h5-6H2,1-4H3,(H,12,14)(H,15,16). The molecule has 2 amide bonds. The molecule has 0 bridgehead atoms. The Morgan fingerprint density at radius 3 is 2.44 bits per heavy atom. The van der Waals surface area contributed by atoms with Crippen molar-refractivity contribution in [3.63, 3.8) is 0 Å². The number of ether oxygens (including phenoxy) is 1. The Morgan fingerprint density at radius 1 is 1.44 bits per heavy atom. The Morgan fingerprint density at radius 2 is 2.00 bits per heavy atom. The van der Waals surface area contributed by atoms with Gasteiger partial charge in [-0.3, -0.25) is 9.69 Å². The Balaban J connectivity index is 2.81. The van der Waals surface area contributed by atoms with Gasteiger partial charge in [0.2, 0.25) is 5.91 Å². The molecule has 2 N–H and O–H groups in total. The molecule has 18 heavy (non-hydrogen) atoms. The molecule has 0 radical (unpaired) electrons. The Hall–Kier alpha value is -1.79. The van der Waals surface area contributed by atoms with Crippen LogP contribution in [0.15, 0.2) is 0 Å². The van der Waals surface area contributed by atoms with Gasteiger partial charge in [0.15, 0.2) is 5.54 Å². The van der Waals surface area contributed by atoms with E-state index in [0.29, 0.717) is 0 Å². The monoisotopic (exact) mass is 258 g/mol. The fraction of sp³-hybridized carbons (Fsp3) is 0.727. The summed E-state index contributed by atoms with van der Waals surface area (Å²) in [5, 5.41) is 11.4. The Bertz CT molecular complexity index is 387. The molecular weight excluding hydrogens is 240 g/mol. The van der Waals surface area contributed by atoms with Gasteiger partial charge in [-0.05, 0) is 27.7 Å². The molecular formula is C11H18N2O5. The minimum absolute atomic E-state index is 0.122. The van der Waals surface area contributed by atoms with E-state index in [4.69, 9.17) is 9.84 Å². The quantitative estimate of drug-likeness (QED) is 0.700. The van der Waals surface area contributed by atoms with Crippen LogP contribution in [0.1, 0.15) is 27.7 Å². The van der Waals surface area contributed by atoms with Crippen molar-refractivity contribution < 1.29 is 24.2 Å². The zero-order valence-corrected chi connectivity index (χ0v) is 10.9. The summed E-state index contributed by atoms with van der Waals surface area (Å²) in [6, 6.07) is 0. The average molecular weight is 258 g/mol. The average Bonchev–Trinajstić information content (AvgIpc) is 2.13. The lowest BCUT2D eigenvalue weighted by Crippen LogP contribution is -2.66. The van der Waals surface area contributed by atoms with Crippen molar-refractivity contribution in [2.45, 2.75) is 38.8 Å². The maximum atomic E-state index is 11.8. The first-order valence-electron chi connectivity index (χ1n) is 5.56. The number of aliphatic carboxylic acids is 1. The molecule has 0 aromatic carbocycles. The van der Waals surface area contributed by atoms with Crippen LogP contribution in [0.4, 0.5) is 4.79 Å². The number of rotatable bonds is 1. The fourth-order valence-corrected chi connectivity index (χ4v) is 1.57. The van der Waals surface area contributed by atoms with E-state index in [1.807, 2.05) is 0 Å². The summed E-state index contributed by atoms with van der Waals surface area (Å²) in [5.41, 5.74) is -2.17. The lowest BCUT2D eigenvalue weighted by molar-refractivity contribution is -0.150. The van der Waals surface area contributed by atoms with E-state index in [2.05, 4.69) is 5.32 Å². The number of nitrogens with zero attached hydrogens (tertiary/aromatic N) is 1. The van der Waals surface area contributed by atoms with E-state index in [0.717, 1.165) is 4.90 Å². The number of carboxylic acid groups (broad SMARTS) is 1. The number of carboxylic acids is 1. The number of carbonyl (C=O) groups excluding carboxylic acids is 2. The minimum Gasteiger partial charge on any atom is -0.479 e. The predicted molar refractivity (Wildman–Crippen MR) is 62.0 cm³/mol. The molecule has 0 aromatic rings. The van der Waals surface area contributed by atoms with Crippen LogP contribution in [0.2, 0.25) is 0 Å². The number of hydrogen-bond acceptors (Lipinski definition) is 4. The zero-order valence-electron chi connectivity index (χ0n) is 10.9. The molecule has 1 aliphatic rings. The summed E-state index contributed by atoms with van der Waals surface area (Å²) < 4.78 is 5.11. The molecule has 1 unspecified atom stereocenters. The largest absolute Gasteiger partial charge is 0.479 e. The highest BCUT2D eigenvalue weighted by molar-refractivity contribution is 5.91. The normalized spacial score (nSPS) is 24.4. The predicted octanol–water partition coefficient (Wildman–Crippen LogP) is 0.197. The van der Waals surface area contributed by atoms with Crippen LogP contribution in [0.3, 0.4) is 0 Å². The van der Waals surface area contributed by atoms with Crippen molar-refractivity contribution in [3.8, 4) is 0 Å². The highest BCUT2D eigenvalue weighted by Crippen LogP contribution is 2.16. The van der Waals surface area contributed by atoms with Gasteiger partial charge in [-0.1, -0.05) is 0 Å². The van der Waals surface area contributed by atoms with Crippen LogP contribution in [0, 0.1) is 0 Å². The summed E-state index contributed by atoms with van der Waals surface area (Å²) >= 11 is 0. The first kappa shape index (κ1) is 14.3. The number of amides is 2. The van der Waals surface area contributed by atoms with Gasteiger partial charge in [-0.15, -0.1) is 0 Å². The maximum absolute atomic E-state index is 11.8. The van der Waals surface area contributed by atoms with Crippen molar-refractivity contribution in [3.05, 3.63) is 0 Å². The van der Waals surface area contributed by atoms with E-state index in [1.165, 1.54) is 6.92 Å². The van der Waals surface area contributed by atoms with Crippen LogP contribution in [0.5, 0.6) is 0 Å². The second-order valence-electron chi connectivity index (χ2n) is 5.52. The third kappa shape index (κ3) is 3.35. The summed E-state index contributed by atoms with van der Waals surface area (Å²) in [5.74, 6) is -1.71. The van der Waals surface area contributed by atoms with Gasteiger partial charge in [0.25, 0.3) is 0 Å². The molecule has 102 valence electrons. The summed E-state index contributed by atoms with van der Waals surface area (Å²) in [6.45, 7) is 6.13. The maximum Gasteiger partial charge on any atom is 0.410 e. The van der Waals surface area contributed by atoms with E-state index in [9.17, 15) is 14.4 Å². The van der Waals surface area contributed by atoms with Crippen molar-refractivity contribution in [1.29, 1.82) is 0 Å². The second-order valence-corrected chi connectivity index (χ2v) is 5.52. The van der Waals surface area contributed by atoms with Crippen molar-refractivity contribution in [1.82, 2.24) is 10.2 Å². The van der Waals surface area contributed by atoms with Crippen LogP contribution >= 0.6 is 0 Å². The molecule has 1 saturated heterocycles. The van der Waals surface area contributed by atoms with E-state index < -0.39 is 29.1 Å². The number of nitrogens with one attached hydrogen (secondary N) is 1. The van der Waals surface area contributed by atoms with Crippen molar-refractivity contribution in [2.24, 2.45) is 0 Å². The zero-order chi connectivity index (χ0) is 14.1.